The van der Waals surface area contributed by atoms with Gasteiger partial charge in [-0.3, -0.25) is 9.78 Å². The minimum absolute atomic E-state index is 0.000107. The Morgan fingerprint density at radius 1 is 1.36 bits per heavy atom. The number of hydrogen-bond donors (Lipinski definition) is 1. The normalized spacial score (nSPS) is 17.6. The number of nitrogens with zero attached hydrogens (tertiary/aromatic N) is 4. The van der Waals surface area contributed by atoms with Gasteiger partial charge >= 0.3 is 0 Å². The van der Waals surface area contributed by atoms with E-state index in [1.807, 2.05) is 6.07 Å². The van der Waals surface area contributed by atoms with Crippen molar-refractivity contribution in [3.63, 3.8) is 0 Å². The number of carbonyl (C=O) groups is 1. The Kier molecular flexibility index (Phi) is 4.27. The molecule has 128 valence electrons. The number of carbonyl (C=O) groups excluding carboxylic acids is 1. The second-order valence-electron chi connectivity index (χ2n) is 5.93. The van der Waals surface area contributed by atoms with Gasteiger partial charge in [-0.1, -0.05) is 17.4 Å². The monoisotopic (exact) mass is 357 g/mol. The van der Waals surface area contributed by atoms with E-state index in [4.69, 9.17) is 0 Å². The van der Waals surface area contributed by atoms with Crippen molar-refractivity contribution >= 4 is 32.6 Å². The molecular formula is C17H16FN5OS. The van der Waals surface area contributed by atoms with Crippen molar-refractivity contribution in [1.82, 2.24) is 20.3 Å². The fraction of sp³-hybridized carbons (Fsp3) is 0.294. The molecule has 0 aliphatic carbocycles. The van der Waals surface area contributed by atoms with Gasteiger partial charge in [-0.15, -0.1) is 0 Å². The summed E-state index contributed by atoms with van der Waals surface area (Å²) in [5.74, 6) is -0.528. The third-order valence-corrected chi connectivity index (χ3v) is 5.26. The third-order valence-electron chi connectivity index (χ3n) is 4.18. The Balaban J connectivity index is 1.48. The third kappa shape index (κ3) is 3.30. The molecule has 0 bridgehead atoms. The van der Waals surface area contributed by atoms with E-state index >= 15 is 0 Å². The van der Waals surface area contributed by atoms with Crippen LogP contribution in [0.25, 0.3) is 10.2 Å². The highest BCUT2D eigenvalue weighted by Gasteiger charge is 2.24. The van der Waals surface area contributed by atoms with E-state index in [1.54, 1.807) is 6.07 Å². The maximum absolute atomic E-state index is 13.9. The summed E-state index contributed by atoms with van der Waals surface area (Å²) >= 11 is 1.48. The van der Waals surface area contributed by atoms with Crippen molar-refractivity contribution in [3.8, 4) is 0 Å². The number of fused-ring (bicyclic) bond motifs is 1. The minimum Gasteiger partial charge on any atom is -0.346 e. The van der Waals surface area contributed by atoms with Crippen LogP contribution in [0.3, 0.4) is 0 Å². The predicted octanol–water partition coefficient (Wildman–Crippen LogP) is 2.62. The van der Waals surface area contributed by atoms with Gasteiger partial charge in [-0.05, 0) is 25.0 Å². The first-order valence-corrected chi connectivity index (χ1v) is 8.89. The number of amides is 1. The summed E-state index contributed by atoms with van der Waals surface area (Å²) in [6.07, 6.45) is 6.31. The Bertz CT molecular complexity index is 900. The lowest BCUT2D eigenvalue weighted by Gasteiger charge is -2.32. The summed E-state index contributed by atoms with van der Waals surface area (Å²) in [7, 11) is 0. The van der Waals surface area contributed by atoms with Crippen LogP contribution in [0.1, 0.15) is 23.3 Å². The zero-order valence-electron chi connectivity index (χ0n) is 13.4. The summed E-state index contributed by atoms with van der Waals surface area (Å²) in [6.45, 7) is 1.49. The number of piperidine rings is 1. The van der Waals surface area contributed by atoms with Gasteiger partial charge in [0.15, 0.2) is 5.13 Å². The number of para-hydroxylation sites is 1. The highest BCUT2D eigenvalue weighted by molar-refractivity contribution is 7.22. The zero-order chi connectivity index (χ0) is 17.2. The van der Waals surface area contributed by atoms with Crippen LogP contribution in [0.4, 0.5) is 9.52 Å². The SMILES string of the molecule is O=C(NC1CCCN(c2nc3c(F)cccc3s2)C1)c1cnccn1. The first-order valence-electron chi connectivity index (χ1n) is 8.07. The lowest BCUT2D eigenvalue weighted by atomic mass is 10.1. The number of benzene rings is 1. The minimum atomic E-state index is -0.301. The smallest absolute Gasteiger partial charge is 0.271 e. The van der Waals surface area contributed by atoms with Gasteiger partial charge < -0.3 is 10.2 Å². The summed E-state index contributed by atoms with van der Waals surface area (Å²) in [4.78, 5) is 26.7. The van der Waals surface area contributed by atoms with Crippen molar-refractivity contribution < 1.29 is 9.18 Å². The Labute approximate surface area is 147 Å². The standard InChI is InChI=1S/C17H16FN5OS/c18-12-4-1-5-14-15(12)22-17(25-14)23-8-2-3-11(10-23)21-16(24)13-9-19-6-7-20-13/h1,4-7,9,11H,2-3,8,10H2,(H,21,24). The van der Waals surface area contributed by atoms with Crippen molar-refractivity contribution in [3.05, 3.63) is 48.3 Å². The molecule has 2 aromatic heterocycles. The van der Waals surface area contributed by atoms with Gasteiger partial charge in [-0.25, -0.2) is 14.4 Å². The maximum Gasteiger partial charge on any atom is 0.271 e. The molecule has 0 spiro atoms. The lowest BCUT2D eigenvalue weighted by molar-refractivity contribution is 0.0927. The number of aromatic nitrogens is 3. The maximum atomic E-state index is 13.9. The fourth-order valence-electron chi connectivity index (χ4n) is 2.98. The number of hydrogen-bond acceptors (Lipinski definition) is 6. The van der Waals surface area contributed by atoms with Gasteiger partial charge in [0.25, 0.3) is 5.91 Å². The topological polar surface area (TPSA) is 71.0 Å². The number of rotatable bonds is 3. The molecule has 3 heterocycles. The number of thiazole rings is 1. The molecule has 6 nitrogen and oxygen atoms in total. The van der Waals surface area contributed by atoms with Crippen LogP contribution in [-0.4, -0.2) is 40.0 Å². The summed E-state index contributed by atoms with van der Waals surface area (Å²) in [6, 6.07) is 4.99. The first-order chi connectivity index (χ1) is 12.2. The van der Waals surface area contributed by atoms with Crippen molar-refractivity contribution in [2.45, 2.75) is 18.9 Å². The highest BCUT2D eigenvalue weighted by atomic mass is 32.1. The van der Waals surface area contributed by atoms with E-state index in [1.165, 1.54) is 36.0 Å². The molecule has 3 aromatic rings. The van der Waals surface area contributed by atoms with Crippen LogP contribution in [0.5, 0.6) is 0 Å². The molecule has 1 amide bonds. The van der Waals surface area contributed by atoms with Crippen molar-refractivity contribution in [2.75, 3.05) is 18.0 Å². The number of anilines is 1. The van der Waals surface area contributed by atoms with Crippen LogP contribution < -0.4 is 10.2 Å². The molecule has 25 heavy (non-hydrogen) atoms. The van der Waals surface area contributed by atoms with E-state index in [0.29, 0.717) is 17.8 Å². The summed E-state index contributed by atoms with van der Waals surface area (Å²) in [5.41, 5.74) is 0.718. The molecule has 1 aromatic carbocycles. The molecule has 1 fully saturated rings. The lowest BCUT2D eigenvalue weighted by Crippen LogP contribution is -2.48. The Morgan fingerprint density at radius 2 is 2.28 bits per heavy atom. The molecule has 1 aliphatic rings. The van der Waals surface area contributed by atoms with E-state index in [-0.39, 0.29) is 17.8 Å². The van der Waals surface area contributed by atoms with Gasteiger partial charge in [0, 0.05) is 31.5 Å². The van der Waals surface area contributed by atoms with Gasteiger partial charge in [0.1, 0.15) is 17.0 Å². The first kappa shape index (κ1) is 15.9. The number of halogens is 1. The van der Waals surface area contributed by atoms with Crippen molar-refractivity contribution in [1.29, 1.82) is 0 Å². The van der Waals surface area contributed by atoms with Crippen LogP contribution in [-0.2, 0) is 0 Å². The van der Waals surface area contributed by atoms with Crippen LogP contribution in [0, 0.1) is 5.82 Å². The van der Waals surface area contributed by atoms with Gasteiger partial charge in [0.2, 0.25) is 0 Å². The molecule has 1 saturated heterocycles. The molecular weight excluding hydrogens is 341 g/mol. The molecule has 0 radical (unpaired) electrons. The largest absolute Gasteiger partial charge is 0.346 e. The van der Waals surface area contributed by atoms with E-state index < -0.39 is 0 Å². The molecule has 0 saturated carbocycles. The summed E-state index contributed by atoms with van der Waals surface area (Å²) in [5, 5.41) is 3.79. The van der Waals surface area contributed by atoms with E-state index in [9.17, 15) is 9.18 Å². The van der Waals surface area contributed by atoms with Gasteiger partial charge in [0.05, 0.1) is 10.9 Å². The van der Waals surface area contributed by atoms with Crippen LogP contribution >= 0.6 is 11.3 Å². The summed E-state index contributed by atoms with van der Waals surface area (Å²) < 4.78 is 14.7. The fourth-order valence-corrected chi connectivity index (χ4v) is 4.00. The molecule has 4 rings (SSSR count). The van der Waals surface area contributed by atoms with E-state index in [2.05, 4.69) is 25.2 Å². The molecule has 1 atom stereocenters. The van der Waals surface area contributed by atoms with Gasteiger partial charge in [-0.2, -0.15) is 0 Å². The van der Waals surface area contributed by atoms with Crippen LogP contribution in [0.15, 0.2) is 36.8 Å². The Hall–Kier alpha value is -2.61. The Morgan fingerprint density at radius 3 is 3.08 bits per heavy atom. The predicted molar refractivity (Wildman–Crippen MR) is 94.3 cm³/mol. The quantitative estimate of drug-likeness (QED) is 0.780. The second-order valence-corrected chi connectivity index (χ2v) is 6.94. The number of nitrogens with one attached hydrogen (secondary N) is 1. The average Bonchev–Trinajstić information content (AvgIpc) is 3.08. The highest BCUT2D eigenvalue weighted by Crippen LogP contribution is 2.31. The molecule has 1 aliphatic heterocycles. The molecule has 1 unspecified atom stereocenters. The van der Waals surface area contributed by atoms with Crippen molar-refractivity contribution in [2.24, 2.45) is 0 Å². The average molecular weight is 357 g/mol. The molecule has 8 heteroatoms. The second kappa shape index (κ2) is 6.72. The van der Waals surface area contributed by atoms with E-state index in [0.717, 1.165) is 29.2 Å². The van der Waals surface area contributed by atoms with Crippen LogP contribution in [0.2, 0.25) is 0 Å². The zero-order valence-corrected chi connectivity index (χ0v) is 14.2. The molecule has 1 N–H and O–H groups in total.